The highest BCUT2D eigenvalue weighted by atomic mass is 16.6. The molecule has 0 unspecified atom stereocenters. The lowest BCUT2D eigenvalue weighted by molar-refractivity contribution is -0.385. The van der Waals surface area contributed by atoms with Gasteiger partial charge in [-0.15, -0.1) is 0 Å². The first-order valence-electron chi connectivity index (χ1n) is 4.54. The van der Waals surface area contributed by atoms with E-state index in [0.717, 1.165) is 5.69 Å². The second-order valence-electron chi connectivity index (χ2n) is 3.20. The van der Waals surface area contributed by atoms with Crippen LogP contribution in [0.2, 0.25) is 0 Å². The van der Waals surface area contributed by atoms with E-state index < -0.39 is 4.92 Å². The fourth-order valence-corrected chi connectivity index (χ4v) is 1.17. The Kier molecular flexibility index (Phi) is 2.50. The van der Waals surface area contributed by atoms with Crippen LogP contribution in [0.5, 0.6) is 0 Å². The van der Waals surface area contributed by atoms with Crippen LogP contribution in [0.15, 0.2) is 24.5 Å². The van der Waals surface area contributed by atoms with Crippen LogP contribution >= 0.6 is 0 Å². The van der Waals surface area contributed by atoms with Crippen LogP contribution in [0, 0.1) is 17.0 Å². The van der Waals surface area contributed by atoms with Crippen molar-refractivity contribution in [3.05, 3.63) is 40.3 Å². The summed E-state index contributed by atoms with van der Waals surface area (Å²) < 4.78 is 0. The molecule has 0 atom stereocenters. The lowest BCUT2D eigenvalue weighted by atomic mass is 10.4. The van der Waals surface area contributed by atoms with Crippen molar-refractivity contribution < 1.29 is 4.92 Å². The zero-order valence-corrected chi connectivity index (χ0v) is 8.47. The molecule has 82 valence electrons. The summed E-state index contributed by atoms with van der Waals surface area (Å²) in [5, 5.41) is 13.3. The number of pyridine rings is 1. The van der Waals surface area contributed by atoms with Gasteiger partial charge in [0, 0.05) is 18.0 Å². The Morgan fingerprint density at radius 2 is 2.19 bits per heavy atom. The van der Waals surface area contributed by atoms with Crippen molar-refractivity contribution in [2.75, 3.05) is 5.32 Å². The van der Waals surface area contributed by atoms with Gasteiger partial charge >= 0.3 is 0 Å². The van der Waals surface area contributed by atoms with Crippen molar-refractivity contribution >= 4 is 17.5 Å². The number of hydrogen-bond donors (Lipinski definition) is 2. The van der Waals surface area contributed by atoms with Crippen molar-refractivity contribution in [1.82, 2.24) is 15.0 Å². The molecule has 0 fully saturated rings. The van der Waals surface area contributed by atoms with Gasteiger partial charge in [0.1, 0.15) is 12.0 Å². The summed E-state index contributed by atoms with van der Waals surface area (Å²) in [7, 11) is 0. The maximum Gasteiger partial charge on any atom is 0.287 e. The molecule has 2 N–H and O–H groups in total. The van der Waals surface area contributed by atoms with Crippen LogP contribution in [-0.2, 0) is 0 Å². The van der Waals surface area contributed by atoms with Crippen molar-refractivity contribution in [2.24, 2.45) is 0 Å². The van der Waals surface area contributed by atoms with Gasteiger partial charge in [0.05, 0.1) is 4.92 Å². The maximum absolute atomic E-state index is 10.4. The molecule has 16 heavy (non-hydrogen) atoms. The minimum Gasteiger partial charge on any atom is -0.328 e. The summed E-state index contributed by atoms with van der Waals surface area (Å²) in [6.07, 6.45) is 2.87. The second-order valence-corrected chi connectivity index (χ2v) is 3.20. The highest BCUT2D eigenvalue weighted by Gasteiger charge is 2.05. The molecule has 0 spiro atoms. The number of aromatic nitrogens is 3. The van der Waals surface area contributed by atoms with Gasteiger partial charge in [-0.2, -0.15) is 0 Å². The molecule has 2 heterocycles. The first-order valence-corrected chi connectivity index (χ1v) is 4.54. The number of nitro groups is 1. The van der Waals surface area contributed by atoms with Gasteiger partial charge < -0.3 is 10.3 Å². The van der Waals surface area contributed by atoms with E-state index in [1.165, 1.54) is 18.3 Å². The van der Waals surface area contributed by atoms with Gasteiger partial charge in [0.25, 0.3) is 5.69 Å². The number of aryl methyl sites for hydroxylation is 1. The summed E-state index contributed by atoms with van der Waals surface area (Å²) in [4.78, 5) is 20.8. The van der Waals surface area contributed by atoms with Gasteiger partial charge in [-0.05, 0) is 13.0 Å². The van der Waals surface area contributed by atoms with Crippen LogP contribution < -0.4 is 5.32 Å². The first kappa shape index (κ1) is 10.1. The minimum atomic E-state index is -0.492. The summed E-state index contributed by atoms with van der Waals surface area (Å²) >= 11 is 0. The first-order chi connectivity index (χ1) is 7.65. The molecule has 7 nitrogen and oxygen atoms in total. The van der Waals surface area contributed by atoms with Crippen LogP contribution in [-0.4, -0.2) is 19.9 Å². The molecule has 0 saturated heterocycles. The zero-order chi connectivity index (χ0) is 11.5. The number of hydrogen-bond acceptors (Lipinski definition) is 5. The normalized spacial score (nSPS) is 10.1. The van der Waals surface area contributed by atoms with Gasteiger partial charge in [0.2, 0.25) is 5.95 Å². The van der Waals surface area contributed by atoms with E-state index in [1.807, 2.05) is 6.92 Å². The quantitative estimate of drug-likeness (QED) is 0.605. The molecule has 0 aromatic carbocycles. The molecule has 2 aromatic rings. The Balaban J connectivity index is 2.14. The van der Waals surface area contributed by atoms with Crippen LogP contribution in [0.1, 0.15) is 5.69 Å². The SMILES string of the molecule is Cc1cnc(Nc2ccc([N+](=O)[O-])cn2)[nH]1. The Morgan fingerprint density at radius 3 is 2.69 bits per heavy atom. The van der Waals surface area contributed by atoms with E-state index in [0.29, 0.717) is 11.8 Å². The monoisotopic (exact) mass is 219 g/mol. The third-order valence-electron chi connectivity index (χ3n) is 1.91. The maximum atomic E-state index is 10.4. The predicted molar refractivity (Wildman–Crippen MR) is 57.5 cm³/mol. The summed E-state index contributed by atoms with van der Waals surface area (Å²) in [6.45, 7) is 1.88. The van der Waals surface area contributed by atoms with Gasteiger partial charge in [-0.3, -0.25) is 10.1 Å². The number of nitrogens with one attached hydrogen (secondary N) is 2. The fraction of sp³-hybridized carbons (Fsp3) is 0.111. The number of nitrogens with zero attached hydrogens (tertiary/aromatic N) is 3. The fourth-order valence-electron chi connectivity index (χ4n) is 1.17. The molecule has 0 bridgehead atoms. The number of anilines is 2. The predicted octanol–water partition coefficient (Wildman–Crippen LogP) is 1.76. The van der Waals surface area contributed by atoms with Gasteiger partial charge in [0.15, 0.2) is 0 Å². The Labute approximate surface area is 90.7 Å². The Bertz CT molecular complexity index is 505. The number of H-pyrrole nitrogens is 1. The molecule has 2 aromatic heterocycles. The lowest BCUT2D eigenvalue weighted by Crippen LogP contribution is -1.96. The highest BCUT2D eigenvalue weighted by molar-refractivity contribution is 5.49. The van der Waals surface area contributed by atoms with Crippen molar-refractivity contribution in [3.63, 3.8) is 0 Å². The van der Waals surface area contributed by atoms with E-state index >= 15 is 0 Å². The van der Waals surface area contributed by atoms with E-state index in [2.05, 4.69) is 20.3 Å². The molecule has 0 aliphatic carbocycles. The topological polar surface area (TPSA) is 96.7 Å². The van der Waals surface area contributed by atoms with Crippen molar-refractivity contribution in [3.8, 4) is 0 Å². The zero-order valence-electron chi connectivity index (χ0n) is 8.47. The molecular weight excluding hydrogens is 210 g/mol. The molecule has 7 heteroatoms. The summed E-state index contributed by atoms with van der Waals surface area (Å²) in [5.74, 6) is 1.05. The largest absolute Gasteiger partial charge is 0.328 e. The van der Waals surface area contributed by atoms with Gasteiger partial charge in [-0.1, -0.05) is 0 Å². The third kappa shape index (κ3) is 2.14. The molecule has 0 aliphatic rings. The number of imidazole rings is 1. The van der Waals surface area contributed by atoms with Gasteiger partial charge in [-0.25, -0.2) is 9.97 Å². The summed E-state index contributed by atoms with van der Waals surface area (Å²) in [6, 6.07) is 2.90. The molecule has 0 amide bonds. The Morgan fingerprint density at radius 1 is 1.38 bits per heavy atom. The van der Waals surface area contributed by atoms with Crippen LogP contribution in [0.4, 0.5) is 17.5 Å². The number of aromatic amines is 1. The van der Waals surface area contributed by atoms with Crippen LogP contribution in [0.25, 0.3) is 0 Å². The highest BCUT2D eigenvalue weighted by Crippen LogP contribution is 2.14. The number of rotatable bonds is 3. The average molecular weight is 219 g/mol. The molecule has 0 radical (unpaired) electrons. The molecular formula is C9H9N5O2. The third-order valence-corrected chi connectivity index (χ3v) is 1.91. The van der Waals surface area contributed by atoms with Crippen molar-refractivity contribution in [2.45, 2.75) is 6.92 Å². The molecule has 0 saturated carbocycles. The smallest absolute Gasteiger partial charge is 0.287 e. The van der Waals surface area contributed by atoms with E-state index in [-0.39, 0.29) is 5.69 Å². The van der Waals surface area contributed by atoms with E-state index in [1.54, 1.807) is 6.20 Å². The second kappa shape index (κ2) is 3.97. The van der Waals surface area contributed by atoms with E-state index in [4.69, 9.17) is 0 Å². The Hall–Kier alpha value is -2.44. The standard InChI is InChI=1S/C9H9N5O2/c1-6-4-11-9(12-6)13-8-3-2-7(5-10-8)14(15)16/h2-5H,1H3,(H2,10,11,12,13). The van der Waals surface area contributed by atoms with E-state index in [9.17, 15) is 10.1 Å². The van der Waals surface area contributed by atoms with Crippen LogP contribution in [0.3, 0.4) is 0 Å². The average Bonchev–Trinajstić information content (AvgIpc) is 2.65. The molecule has 0 aliphatic heterocycles. The minimum absolute atomic E-state index is 0.0406. The molecule has 2 rings (SSSR count). The lowest BCUT2D eigenvalue weighted by Gasteiger charge is -2.00. The van der Waals surface area contributed by atoms with Crippen molar-refractivity contribution in [1.29, 1.82) is 0 Å². The summed E-state index contributed by atoms with van der Waals surface area (Å²) in [5.41, 5.74) is 0.880.